The van der Waals surface area contributed by atoms with E-state index in [1.54, 1.807) is 0 Å². The summed E-state index contributed by atoms with van der Waals surface area (Å²) in [7, 11) is 0. The van der Waals surface area contributed by atoms with Crippen LogP contribution in [0.4, 0.5) is 57.1 Å². The summed E-state index contributed by atoms with van der Waals surface area (Å²) in [5.74, 6) is -33.6. The second-order valence-electron chi connectivity index (χ2n) is 4.48. The predicted octanol–water partition coefficient (Wildman–Crippen LogP) is 6.00. The van der Waals surface area contributed by atoms with Crippen molar-refractivity contribution in [2.45, 2.75) is 48.3 Å². The highest BCUT2D eigenvalue weighted by Gasteiger charge is 2.86. The topological polar surface area (TPSA) is 0 Å². The quantitative estimate of drug-likeness (QED) is 0.227. The Balaban J connectivity index is 6.11. The van der Waals surface area contributed by atoms with Crippen molar-refractivity contribution in [3.05, 3.63) is 0 Å². The number of halogens is 16. The first kappa shape index (κ1) is 25.2. The van der Waals surface area contributed by atoms with Crippen LogP contribution in [0, 0.1) is 0 Å². The minimum absolute atomic E-state index is 4.61. The molecule has 0 aromatic carbocycles. The van der Waals surface area contributed by atoms with Crippen molar-refractivity contribution < 1.29 is 57.1 Å². The van der Waals surface area contributed by atoms with E-state index in [-0.39, 0.29) is 0 Å². The molecule has 0 bridgehead atoms. The zero-order valence-electron chi connectivity index (χ0n) is 10.9. The molecule has 0 amide bonds. The molecule has 0 heterocycles. The van der Waals surface area contributed by atoms with Crippen molar-refractivity contribution in [1.29, 1.82) is 0 Å². The third-order valence-corrected chi connectivity index (χ3v) is 5.37. The van der Waals surface area contributed by atoms with E-state index in [0.29, 0.717) is 0 Å². The fourth-order valence-electron chi connectivity index (χ4n) is 1.28. The summed E-state index contributed by atoms with van der Waals surface area (Å²) in [5.41, 5.74) is 0. The molecule has 152 valence electrons. The van der Waals surface area contributed by atoms with Crippen LogP contribution in [0.1, 0.15) is 0 Å². The molecule has 0 N–H and O–H groups in total. The van der Waals surface area contributed by atoms with E-state index in [2.05, 4.69) is 33.2 Å². The van der Waals surface area contributed by atoms with Crippen LogP contribution >= 0.6 is 33.2 Å². The van der Waals surface area contributed by atoms with Gasteiger partial charge in [0.05, 0.1) is 0 Å². The molecule has 3 atom stereocenters. The van der Waals surface area contributed by atoms with Gasteiger partial charge in [0.25, 0.3) is 6.43 Å². The maximum Gasteiger partial charge on any atom is 0.381 e. The van der Waals surface area contributed by atoms with Gasteiger partial charge >= 0.3 is 29.7 Å². The fourth-order valence-corrected chi connectivity index (χ4v) is 3.11. The highest BCUT2D eigenvalue weighted by atomic mass is 35.8. The summed E-state index contributed by atoms with van der Waals surface area (Å²) in [6.45, 7) is 0. The van der Waals surface area contributed by atoms with Gasteiger partial charge < -0.3 is 0 Å². The van der Waals surface area contributed by atoms with Gasteiger partial charge in [0.2, 0.25) is 12.0 Å². The first-order valence-electron chi connectivity index (χ1n) is 5.45. The molecule has 0 fully saturated rings. The van der Waals surface area contributed by atoms with Crippen LogP contribution < -0.4 is 0 Å². The van der Waals surface area contributed by atoms with Gasteiger partial charge in [-0.2, -0.15) is 35.1 Å². The molecule has 0 aliphatic heterocycles. The number of hydrogen-bond donors (Lipinski definition) is 0. The normalized spacial score (nSPS) is 19.1. The van der Waals surface area contributed by atoms with Crippen molar-refractivity contribution in [3.8, 4) is 0 Å². The summed E-state index contributed by atoms with van der Waals surface area (Å²) in [5, 5.41) is 0. The van der Waals surface area contributed by atoms with Gasteiger partial charge in [0, 0.05) is 0 Å². The molecule has 0 aromatic rings. The van der Waals surface area contributed by atoms with Gasteiger partial charge in [-0.1, -0.05) is 0 Å². The smallest absolute Gasteiger partial charge is 0.240 e. The largest absolute Gasteiger partial charge is 0.381 e. The lowest BCUT2D eigenvalue weighted by Crippen LogP contribution is -2.69. The molecule has 0 aliphatic carbocycles. The molecule has 0 rings (SSSR count). The SMILES string of the molecule is FC(F)C(F)C(F)C(F)(F)C(F)(F)C(F)(F)C(F)(F)C(F)[Si](Cl)(Cl)Cl. The van der Waals surface area contributed by atoms with Crippen LogP contribution in [-0.2, 0) is 0 Å². The molecule has 0 saturated carbocycles. The average molecular weight is 482 g/mol. The Labute approximate surface area is 145 Å². The molecule has 17 heteroatoms. The lowest BCUT2D eigenvalue weighted by molar-refractivity contribution is -0.383. The molecule has 0 aliphatic rings. The van der Waals surface area contributed by atoms with Crippen LogP contribution in [0.3, 0.4) is 0 Å². The van der Waals surface area contributed by atoms with Crippen LogP contribution in [0.2, 0.25) is 0 Å². The minimum atomic E-state index is -7.54. The summed E-state index contributed by atoms with van der Waals surface area (Å²) < 4.78 is 167. The summed E-state index contributed by atoms with van der Waals surface area (Å²) in [4.78, 5) is 0. The van der Waals surface area contributed by atoms with Gasteiger partial charge in [-0.05, 0) is 0 Å². The first-order valence-corrected chi connectivity index (χ1v) is 10.6. The maximum absolute atomic E-state index is 13.2. The van der Waals surface area contributed by atoms with Crippen LogP contribution in [0.5, 0.6) is 0 Å². The van der Waals surface area contributed by atoms with E-state index in [9.17, 15) is 57.1 Å². The molecular weight excluding hydrogens is 478 g/mol. The number of hydrogen-bond acceptors (Lipinski definition) is 0. The van der Waals surface area contributed by atoms with Gasteiger partial charge in [-0.15, -0.1) is 33.2 Å². The molecule has 0 nitrogen and oxygen atoms in total. The van der Waals surface area contributed by atoms with E-state index in [4.69, 9.17) is 0 Å². The van der Waals surface area contributed by atoms with Crippen LogP contribution in [0.15, 0.2) is 0 Å². The van der Waals surface area contributed by atoms with E-state index >= 15 is 0 Å². The highest BCUT2D eigenvalue weighted by Crippen LogP contribution is 2.57. The Bertz CT molecular complexity index is 465. The van der Waals surface area contributed by atoms with Gasteiger partial charge in [0.1, 0.15) is 0 Å². The Hall–Kier alpha value is 0.177. The third kappa shape index (κ3) is 4.20. The number of alkyl halides is 13. The molecule has 3 unspecified atom stereocenters. The van der Waals surface area contributed by atoms with E-state index in [1.807, 2.05) is 0 Å². The Kier molecular flexibility index (Phi) is 7.35. The summed E-state index contributed by atoms with van der Waals surface area (Å²) in [6, 6.07) is -5.56. The monoisotopic (exact) mass is 480 g/mol. The first-order chi connectivity index (χ1) is 10.7. The molecule has 0 spiro atoms. The fraction of sp³-hybridized carbons (Fsp3) is 1.00. The van der Waals surface area contributed by atoms with Crippen molar-refractivity contribution >= 4 is 39.2 Å². The molecule has 0 aromatic heterocycles. The average Bonchev–Trinajstić information content (AvgIpc) is 2.42. The van der Waals surface area contributed by atoms with Crippen molar-refractivity contribution in [2.24, 2.45) is 0 Å². The Morgan fingerprint density at radius 3 is 1.20 bits per heavy atom. The lowest BCUT2D eigenvalue weighted by Gasteiger charge is -2.39. The molecule has 25 heavy (non-hydrogen) atoms. The highest BCUT2D eigenvalue weighted by molar-refractivity contribution is 7.65. The van der Waals surface area contributed by atoms with Crippen molar-refractivity contribution in [2.75, 3.05) is 0 Å². The third-order valence-electron chi connectivity index (χ3n) is 2.70. The van der Waals surface area contributed by atoms with Gasteiger partial charge in [-0.3, -0.25) is 0 Å². The van der Waals surface area contributed by atoms with E-state index in [0.717, 1.165) is 0 Å². The number of rotatable bonds is 8. The maximum atomic E-state index is 13.2. The van der Waals surface area contributed by atoms with E-state index in [1.165, 1.54) is 0 Å². The zero-order chi connectivity index (χ0) is 20.8. The Morgan fingerprint density at radius 2 is 0.920 bits per heavy atom. The van der Waals surface area contributed by atoms with Crippen LogP contribution in [0.25, 0.3) is 0 Å². The lowest BCUT2D eigenvalue weighted by atomic mass is 9.94. The van der Waals surface area contributed by atoms with Crippen molar-refractivity contribution in [3.63, 3.8) is 0 Å². The van der Waals surface area contributed by atoms with Gasteiger partial charge in [0.15, 0.2) is 6.17 Å². The minimum Gasteiger partial charge on any atom is -0.240 e. The molecular formula is C8H4Cl3F13Si. The Morgan fingerprint density at radius 1 is 0.600 bits per heavy atom. The van der Waals surface area contributed by atoms with Crippen LogP contribution in [-0.4, -0.2) is 54.3 Å². The predicted molar refractivity (Wildman–Crippen MR) is 63.8 cm³/mol. The van der Waals surface area contributed by atoms with E-state index < -0.39 is 54.3 Å². The molecule has 0 saturated heterocycles. The van der Waals surface area contributed by atoms with Crippen molar-refractivity contribution in [1.82, 2.24) is 0 Å². The second-order valence-corrected chi connectivity index (χ2v) is 13.2. The zero-order valence-corrected chi connectivity index (χ0v) is 14.1. The summed E-state index contributed by atoms with van der Waals surface area (Å²) in [6.07, 6.45) is -14.8. The second kappa shape index (κ2) is 7.30. The van der Waals surface area contributed by atoms with Gasteiger partial charge in [-0.25, -0.2) is 22.0 Å². The standard InChI is InChI=1S/C8H4Cl3F13Si/c9-25(10,11)4(16)6(19,20)8(23,24)7(21,22)5(17,18)2(13)1(12)3(14)15/h1-4H. The summed E-state index contributed by atoms with van der Waals surface area (Å²) >= 11 is 13.8. The molecule has 0 radical (unpaired) electrons.